The number of benzene rings is 4. The molecule has 0 aromatic heterocycles. The van der Waals surface area contributed by atoms with Crippen molar-refractivity contribution in [2.45, 2.75) is 50.6 Å². The van der Waals surface area contributed by atoms with Crippen molar-refractivity contribution < 1.29 is 9.59 Å². The molecular formula is C40H40N2O2. The lowest BCUT2D eigenvalue weighted by atomic mass is 9.82. The van der Waals surface area contributed by atoms with Crippen LogP contribution in [0.15, 0.2) is 122 Å². The molecule has 4 aromatic rings. The number of carbonyl (C=O) groups is 2. The minimum Gasteiger partial charge on any atom is -0.335 e. The largest absolute Gasteiger partial charge is 0.335 e. The predicted molar refractivity (Wildman–Crippen MR) is 178 cm³/mol. The Labute approximate surface area is 261 Å². The number of hydrogen-bond donors (Lipinski definition) is 0. The van der Waals surface area contributed by atoms with Gasteiger partial charge in [-0.3, -0.25) is 9.59 Å². The lowest BCUT2D eigenvalue weighted by Crippen LogP contribution is -2.42. The van der Waals surface area contributed by atoms with Gasteiger partial charge in [-0.05, 0) is 71.7 Å². The molecule has 4 atom stereocenters. The first kappa shape index (κ1) is 29.4. The zero-order valence-corrected chi connectivity index (χ0v) is 25.7. The summed E-state index contributed by atoms with van der Waals surface area (Å²) in [5.41, 5.74) is 8.62. The number of fused-ring (bicyclic) bond motifs is 2. The molecular weight excluding hydrogens is 540 g/mol. The minimum absolute atomic E-state index is 0.0406. The molecule has 2 heterocycles. The molecule has 4 heteroatoms. The summed E-state index contributed by atoms with van der Waals surface area (Å²) in [6.45, 7) is 13.7. The van der Waals surface area contributed by atoms with Gasteiger partial charge in [-0.1, -0.05) is 116 Å². The average Bonchev–Trinajstić information content (AvgIpc) is 3.30. The van der Waals surface area contributed by atoms with E-state index in [-0.39, 0.29) is 35.7 Å². The van der Waals surface area contributed by atoms with Crippen LogP contribution in [-0.4, -0.2) is 46.8 Å². The van der Waals surface area contributed by atoms with E-state index in [9.17, 15) is 9.59 Å². The first-order valence-electron chi connectivity index (χ1n) is 15.6. The molecule has 0 N–H and O–H groups in total. The van der Waals surface area contributed by atoms with E-state index in [1.165, 1.54) is 33.9 Å². The maximum absolute atomic E-state index is 14.3. The Morgan fingerprint density at radius 1 is 0.682 bits per heavy atom. The van der Waals surface area contributed by atoms with Gasteiger partial charge in [0.1, 0.15) is 0 Å². The highest BCUT2D eigenvalue weighted by atomic mass is 16.2. The molecule has 0 saturated heterocycles. The predicted octanol–water partition coefficient (Wildman–Crippen LogP) is 7.40. The summed E-state index contributed by atoms with van der Waals surface area (Å²) in [6.07, 6.45) is 3.00. The lowest BCUT2D eigenvalue weighted by Gasteiger charge is -2.34. The Morgan fingerprint density at radius 3 is 1.84 bits per heavy atom. The first-order valence-corrected chi connectivity index (χ1v) is 15.6. The van der Waals surface area contributed by atoms with Crippen molar-refractivity contribution in [2.75, 3.05) is 13.1 Å². The average molecular weight is 581 g/mol. The number of amides is 2. The second-order valence-corrected chi connectivity index (χ2v) is 12.1. The fraction of sp³-hybridized carbons (Fsp3) is 0.250. The van der Waals surface area contributed by atoms with E-state index in [4.69, 9.17) is 0 Å². The maximum Gasteiger partial charge on any atom is 0.254 e. The summed E-state index contributed by atoms with van der Waals surface area (Å²) in [5.74, 6) is -0.0828. The quantitative estimate of drug-likeness (QED) is 0.231. The Morgan fingerprint density at radius 2 is 1.20 bits per heavy atom. The molecule has 4 aromatic carbocycles. The van der Waals surface area contributed by atoms with Gasteiger partial charge >= 0.3 is 0 Å². The summed E-state index contributed by atoms with van der Waals surface area (Å²) in [6, 6.07) is 35.6. The van der Waals surface area contributed by atoms with Crippen molar-refractivity contribution in [3.63, 3.8) is 0 Å². The fourth-order valence-electron chi connectivity index (χ4n) is 7.41. The minimum atomic E-state index is -0.0841. The first-order chi connectivity index (χ1) is 21.4. The Bertz CT molecular complexity index is 1710. The van der Waals surface area contributed by atoms with E-state index in [0.29, 0.717) is 18.7 Å². The summed E-state index contributed by atoms with van der Waals surface area (Å²) < 4.78 is 0. The van der Waals surface area contributed by atoms with E-state index in [1.807, 2.05) is 28.0 Å². The number of nitrogens with zero attached hydrogens (tertiary/aromatic N) is 2. The van der Waals surface area contributed by atoms with Gasteiger partial charge in [-0.25, -0.2) is 0 Å². The summed E-state index contributed by atoms with van der Waals surface area (Å²) in [4.78, 5) is 31.2. The molecule has 6 rings (SSSR count). The zero-order chi connectivity index (χ0) is 30.8. The molecule has 0 radical (unpaired) electrons. The van der Waals surface area contributed by atoms with Crippen LogP contribution in [0.4, 0.5) is 0 Å². The molecule has 2 aliphatic heterocycles. The van der Waals surface area contributed by atoms with Crippen molar-refractivity contribution >= 4 is 17.4 Å². The highest BCUT2D eigenvalue weighted by Crippen LogP contribution is 2.39. The van der Waals surface area contributed by atoms with Gasteiger partial charge in [0, 0.05) is 42.6 Å². The Balaban J connectivity index is 1.34. The maximum atomic E-state index is 14.3. The van der Waals surface area contributed by atoms with Crippen LogP contribution in [-0.2, 0) is 22.4 Å². The molecule has 0 saturated carbocycles. The van der Waals surface area contributed by atoms with Crippen LogP contribution in [0.25, 0.3) is 5.57 Å². The normalized spacial score (nSPS) is 21.3. The van der Waals surface area contributed by atoms with E-state index in [1.54, 1.807) is 0 Å². The number of carbonyl (C=O) groups excluding carboxylic acids is 2. The van der Waals surface area contributed by atoms with E-state index < -0.39 is 0 Å². The van der Waals surface area contributed by atoms with Crippen molar-refractivity contribution in [1.82, 2.24) is 9.80 Å². The van der Waals surface area contributed by atoms with Crippen LogP contribution in [0.1, 0.15) is 64.6 Å². The summed E-state index contributed by atoms with van der Waals surface area (Å²) >= 11 is 0. The molecule has 2 amide bonds. The third kappa shape index (κ3) is 5.41. The van der Waals surface area contributed by atoms with Crippen molar-refractivity contribution in [3.8, 4) is 0 Å². The third-order valence-corrected chi connectivity index (χ3v) is 9.70. The SMILES string of the molecule is C=CC(=O)N1CCc2ccccc2[C@H](c2cccc(C(=C)C(=O)N3CCc4ccccc4[C@@H](c4ccccc4)[C@@H]3C)c2)[C@@H]1C. The van der Waals surface area contributed by atoms with Gasteiger partial charge in [-0.15, -0.1) is 0 Å². The van der Waals surface area contributed by atoms with E-state index in [2.05, 4.69) is 112 Å². The van der Waals surface area contributed by atoms with Crippen molar-refractivity contribution in [1.29, 1.82) is 0 Å². The van der Waals surface area contributed by atoms with Crippen LogP contribution in [0, 0.1) is 0 Å². The summed E-state index contributed by atoms with van der Waals surface area (Å²) in [7, 11) is 0. The molecule has 0 fully saturated rings. The van der Waals surface area contributed by atoms with Gasteiger partial charge in [0.15, 0.2) is 0 Å². The highest BCUT2D eigenvalue weighted by Gasteiger charge is 2.36. The molecule has 2 aliphatic rings. The van der Waals surface area contributed by atoms with Gasteiger partial charge in [0.25, 0.3) is 5.91 Å². The second kappa shape index (κ2) is 12.5. The van der Waals surface area contributed by atoms with Crippen LogP contribution in [0.5, 0.6) is 0 Å². The number of rotatable bonds is 5. The molecule has 222 valence electrons. The molecule has 0 unspecified atom stereocenters. The molecule has 0 aliphatic carbocycles. The zero-order valence-electron chi connectivity index (χ0n) is 25.7. The van der Waals surface area contributed by atoms with Gasteiger partial charge in [-0.2, -0.15) is 0 Å². The van der Waals surface area contributed by atoms with Gasteiger partial charge < -0.3 is 9.80 Å². The Kier molecular flexibility index (Phi) is 8.34. The highest BCUT2D eigenvalue weighted by molar-refractivity contribution is 6.18. The standard InChI is InChI=1S/C40H40N2O2/c1-5-37(43)41-24-22-30-14-10-12-21-36(30)39(28(41)3)34-19-13-18-33(26-34)27(2)40(44)42-25-23-31-15-9-11-20-35(31)38(29(42)4)32-16-7-6-8-17-32/h5-21,26,28-29,38-39H,1-2,22-25H2,3-4H3/t28-,29-,38+,39-/m0/s1. The van der Waals surface area contributed by atoms with Gasteiger partial charge in [0.2, 0.25) is 5.91 Å². The third-order valence-electron chi connectivity index (χ3n) is 9.70. The van der Waals surface area contributed by atoms with Crippen LogP contribution >= 0.6 is 0 Å². The van der Waals surface area contributed by atoms with Crippen molar-refractivity contribution in [3.05, 3.63) is 161 Å². The van der Waals surface area contributed by atoms with Crippen molar-refractivity contribution in [2.24, 2.45) is 0 Å². The molecule has 0 bridgehead atoms. The fourth-order valence-corrected chi connectivity index (χ4v) is 7.41. The van der Waals surface area contributed by atoms with E-state index >= 15 is 0 Å². The smallest absolute Gasteiger partial charge is 0.254 e. The molecule has 44 heavy (non-hydrogen) atoms. The second-order valence-electron chi connectivity index (χ2n) is 12.1. The number of hydrogen-bond acceptors (Lipinski definition) is 2. The lowest BCUT2D eigenvalue weighted by molar-refractivity contribution is -0.128. The van der Waals surface area contributed by atoms with Crippen LogP contribution < -0.4 is 0 Å². The van der Waals surface area contributed by atoms with Crippen LogP contribution in [0.2, 0.25) is 0 Å². The van der Waals surface area contributed by atoms with E-state index in [0.717, 1.165) is 24.0 Å². The van der Waals surface area contributed by atoms with Gasteiger partial charge in [0.05, 0.1) is 0 Å². The molecule has 0 spiro atoms. The van der Waals surface area contributed by atoms with Crippen LogP contribution in [0.3, 0.4) is 0 Å². The monoisotopic (exact) mass is 580 g/mol. The topological polar surface area (TPSA) is 40.6 Å². The molecule has 4 nitrogen and oxygen atoms in total. The summed E-state index contributed by atoms with van der Waals surface area (Å²) in [5, 5.41) is 0. The Hall–Kier alpha value is -4.70.